The summed E-state index contributed by atoms with van der Waals surface area (Å²) in [6, 6.07) is 16.4. The number of piperidine rings is 1. The maximum atomic E-state index is 15.9. The van der Waals surface area contributed by atoms with E-state index < -0.39 is 29.8 Å². The molecule has 2 saturated heterocycles. The number of hydrogen-bond acceptors (Lipinski definition) is 6. The van der Waals surface area contributed by atoms with Crippen LogP contribution < -0.4 is 20.5 Å². The Kier molecular flexibility index (Phi) is 8.06. The molecule has 2 aliphatic rings. The van der Waals surface area contributed by atoms with Crippen LogP contribution in [0.2, 0.25) is 0 Å². The van der Waals surface area contributed by atoms with Crippen LogP contribution in [0, 0.1) is 5.82 Å². The van der Waals surface area contributed by atoms with Crippen molar-refractivity contribution in [3.63, 3.8) is 0 Å². The molecule has 4 aromatic rings. The highest BCUT2D eigenvalue weighted by Gasteiger charge is 2.51. The van der Waals surface area contributed by atoms with Gasteiger partial charge < -0.3 is 19.5 Å². The molecule has 0 radical (unpaired) electrons. The van der Waals surface area contributed by atoms with Gasteiger partial charge in [0.1, 0.15) is 17.3 Å². The minimum absolute atomic E-state index is 0.0279. The Labute approximate surface area is 253 Å². The first-order valence-corrected chi connectivity index (χ1v) is 14.7. The van der Waals surface area contributed by atoms with Crippen LogP contribution in [0.25, 0.3) is 10.8 Å². The third-order valence-corrected chi connectivity index (χ3v) is 8.87. The molecule has 1 atom stereocenters. The third-order valence-electron chi connectivity index (χ3n) is 8.87. The number of alkyl halides is 2. The van der Waals surface area contributed by atoms with Gasteiger partial charge in [0.15, 0.2) is 0 Å². The van der Waals surface area contributed by atoms with Crippen molar-refractivity contribution < 1.29 is 22.7 Å². The summed E-state index contributed by atoms with van der Waals surface area (Å²) in [7, 11) is 3.10. The summed E-state index contributed by atoms with van der Waals surface area (Å²) in [4.78, 5) is 33.7. The number of rotatable bonds is 7. The van der Waals surface area contributed by atoms with Crippen LogP contribution in [0.1, 0.15) is 40.5 Å². The largest absolute Gasteiger partial charge is 0.497 e. The van der Waals surface area contributed by atoms with Crippen LogP contribution in [0.3, 0.4) is 0 Å². The lowest BCUT2D eigenvalue weighted by Gasteiger charge is -2.37. The summed E-state index contributed by atoms with van der Waals surface area (Å²) in [5.74, 6) is -4.63. The molecule has 2 fully saturated rings. The molecular weight excluding hydrogens is 571 g/mol. The minimum atomic E-state index is -3.09. The molecule has 44 heavy (non-hydrogen) atoms. The number of nitrogens with zero attached hydrogens (tertiary/aromatic N) is 4. The van der Waals surface area contributed by atoms with E-state index in [1.54, 1.807) is 62.8 Å². The fourth-order valence-electron chi connectivity index (χ4n) is 6.47. The predicted octanol–water partition coefficient (Wildman–Crippen LogP) is 4.66. The Morgan fingerprint density at radius 2 is 1.84 bits per heavy atom. The van der Waals surface area contributed by atoms with Crippen molar-refractivity contribution in [2.75, 3.05) is 45.2 Å². The Balaban J connectivity index is 1.25. The normalized spacial score (nSPS) is 18.9. The zero-order valence-electron chi connectivity index (χ0n) is 24.6. The van der Waals surface area contributed by atoms with Crippen LogP contribution in [-0.2, 0) is 6.54 Å². The third kappa shape index (κ3) is 5.63. The first-order chi connectivity index (χ1) is 21.2. The van der Waals surface area contributed by atoms with Gasteiger partial charge in [-0.1, -0.05) is 24.3 Å². The molecule has 0 spiro atoms. The first-order valence-electron chi connectivity index (χ1n) is 14.7. The Morgan fingerprint density at radius 3 is 2.50 bits per heavy atom. The number of pyridine rings is 2. The molecule has 1 N–H and O–H groups in total. The van der Waals surface area contributed by atoms with Crippen molar-refractivity contribution in [3.05, 3.63) is 100.0 Å². The van der Waals surface area contributed by atoms with Crippen molar-refractivity contribution in [3.8, 4) is 5.75 Å². The molecule has 8 nitrogen and oxygen atoms in total. The van der Waals surface area contributed by atoms with E-state index in [-0.39, 0.29) is 36.1 Å². The number of carbonyl (C=O) groups excluding carboxylic acids is 1. The van der Waals surface area contributed by atoms with E-state index in [0.717, 1.165) is 5.69 Å². The van der Waals surface area contributed by atoms with Crippen LogP contribution in [0.15, 0.2) is 71.7 Å². The second-order valence-electron chi connectivity index (χ2n) is 11.5. The molecular formula is C33H34F3N5O3. The summed E-state index contributed by atoms with van der Waals surface area (Å²) in [6.45, 7) is 1.03. The van der Waals surface area contributed by atoms with E-state index in [2.05, 4.69) is 15.2 Å². The number of fused-ring (bicyclic) bond motifs is 1. The second kappa shape index (κ2) is 12.0. The highest BCUT2D eigenvalue weighted by Crippen LogP contribution is 2.43. The quantitative estimate of drug-likeness (QED) is 0.331. The van der Waals surface area contributed by atoms with Gasteiger partial charge in [-0.25, -0.2) is 18.2 Å². The number of likely N-dealkylation sites (tertiary alicyclic amines) is 1. The van der Waals surface area contributed by atoms with Gasteiger partial charge in [-0.2, -0.15) is 0 Å². The second-order valence-corrected chi connectivity index (χ2v) is 11.5. The molecule has 4 heterocycles. The number of amides is 1. The molecule has 2 aromatic heterocycles. The van der Waals surface area contributed by atoms with E-state index in [4.69, 9.17) is 4.74 Å². The maximum absolute atomic E-state index is 15.9. The molecule has 2 aromatic carbocycles. The smallest absolute Gasteiger partial charge is 0.269 e. The van der Waals surface area contributed by atoms with Gasteiger partial charge in [0, 0.05) is 38.4 Å². The van der Waals surface area contributed by atoms with E-state index in [1.807, 2.05) is 11.0 Å². The van der Waals surface area contributed by atoms with E-state index >= 15 is 8.78 Å². The summed E-state index contributed by atoms with van der Waals surface area (Å²) >= 11 is 0. The summed E-state index contributed by atoms with van der Waals surface area (Å²) in [6.07, 6.45) is 3.03. The van der Waals surface area contributed by atoms with Crippen molar-refractivity contribution in [2.45, 2.75) is 37.3 Å². The number of hydrogen-bond donors (Lipinski definition) is 1. The highest BCUT2D eigenvalue weighted by atomic mass is 19.3. The number of ether oxygens (including phenoxy) is 1. The summed E-state index contributed by atoms with van der Waals surface area (Å²) in [5, 5.41) is 2.76. The van der Waals surface area contributed by atoms with Crippen LogP contribution >= 0.6 is 0 Å². The van der Waals surface area contributed by atoms with Crippen molar-refractivity contribution >= 4 is 22.4 Å². The zero-order valence-corrected chi connectivity index (χ0v) is 24.6. The van der Waals surface area contributed by atoms with Gasteiger partial charge in [0.05, 0.1) is 43.4 Å². The number of anilines is 1. The fraction of sp³-hybridized carbons (Fsp3) is 0.364. The predicted molar refractivity (Wildman–Crippen MR) is 162 cm³/mol. The molecule has 0 aliphatic carbocycles. The van der Waals surface area contributed by atoms with Crippen molar-refractivity contribution in [2.24, 2.45) is 0 Å². The number of benzene rings is 2. The average molecular weight is 606 g/mol. The number of halogens is 3. The van der Waals surface area contributed by atoms with E-state index in [9.17, 15) is 14.0 Å². The topological polar surface area (TPSA) is 79.7 Å². The first kappa shape index (κ1) is 29.7. The number of nitrogens with one attached hydrogen (secondary N) is 1. The molecule has 1 amide bonds. The molecule has 230 valence electrons. The lowest BCUT2D eigenvalue weighted by molar-refractivity contribution is -0.00884. The van der Waals surface area contributed by atoms with Gasteiger partial charge in [0.25, 0.3) is 17.4 Å². The maximum Gasteiger partial charge on any atom is 0.269 e. The molecule has 0 saturated carbocycles. The Hall–Kier alpha value is -4.38. The van der Waals surface area contributed by atoms with E-state index in [0.29, 0.717) is 48.3 Å². The van der Waals surface area contributed by atoms with Gasteiger partial charge in [-0.05, 0) is 60.2 Å². The van der Waals surface area contributed by atoms with Gasteiger partial charge >= 0.3 is 0 Å². The standard InChI is InChI=1S/C33H34F3N5O3/c1-37-31(42)28-11-8-24(17-38-28)39-14-12-23(13-15-39)40-19-26(33(35,36)20-40)29-16-22-4-3-5-27(34)30(22)32(43)41(29)18-21-6-9-25(44-2)10-7-21/h3-11,16-17,23,26H,12-15,18-20H2,1-2H3,(H,37,42). The lowest BCUT2D eigenvalue weighted by atomic mass is 9.97. The van der Waals surface area contributed by atoms with Crippen molar-refractivity contribution in [1.29, 1.82) is 0 Å². The molecule has 1 unspecified atom stereocenters. The number of carbonyl (C=O) groups is 1. The SMILES string of the molecule is CNC(=O)c1ccc(N2CCC(N3CC(c4cc5cccc(F)c5c(=O)n4Cc4ccc(OC)cc4)C(F)(F)C3)CC2)cn1. The minimum Gasteiger partial charge on any atom is -0.497 e. The fourth-order valence-corrected chi connectivity index (χ4v) is 6.47. The molecule has 11 heteroatoms. The van der Waals surface area contributed by atoms with Gasteiger partial charge in [-0.3, -0.25) is 14.5 Å². The van der Waals surface area contributed by atoms with Gasteiger partial charge in [0.2, 0.25) is 0 Å². The van der Waals surface area contributed by atoms with Crippen LogP contribution in [0.5, 0.6) is 5.75 Å². The zero-order chi connectivity index (χ0) is 31.0. The average Bonchev–Trinajstić information content (AvgIpc) is 3.37. The van der Waals surface area contributed by atoms with Crippen LogP contribution in [-0.4, -0.2) is 72.7 Å². The van der Waals surface area contributed by atoms with Crippen molar-refractivity contribution in [1.82, 2.24) is 19.8 Å². The number of aromatic nitrogens is 2. The monoisotopic (exact) mass is 605 g/mol. The van der Waals surface area contributed by atoms with E-state index in [1.165, 1.54) is 16.7 Å². The summed E-state index contributed by atoms with van der Waals surface area (Å²) in [5.41, 5.74) is 1.51. The lowest BCUT2D eigenvalue weighted by Crippen LogP contribution is -2.44. The summed E-state index contributed by atoms with van der Waals surface area (Å²) < 4.78 is 53.2. The number of methoxy groups -OCH3 is 1. The Bertz CT molecular complexity index is 1720. The Morgan fingerprint density at radius 1 is 1.09 bits per heavy atom. The molecule has 2 aliphatic heterocycles. The molecule has 6 rings (SSSR count). The molecule has 0 bridgehead atoms. The van der Waals surface area contributed by atoms with Gasteiger partial charge in [-0.15, -0.1) is 0 Å². The highest BCUT2D eigenvalue weighted by molar-refractivity contribution is 5.92. The van der Waals surface area contributed by atoms with Crippen LogP contribution in [0.4, 0.5) is 18.9 Å².